The first-order valence-electron chi connectivity index (χ1n) is 39.8. The molecule has 0 aliphatic rings. The number of carbonyl (C=O) groups is 12. The maximum Gasteiger partial charge on any atom is 0.345 e. The van der Waals surface area contributed by atoms with E-state index in [1.165, 1.54) is 43.1 Å². The number of benzene rings is 2. The highest BCUT2D eigenvalue weighted by molar-refractivity contribution is 6.09. The second-order valence-electron chi connectivity index (χ2n) is 30.6. The predicted molar refractivity (Wildman–Crippen MR) is 467 cm³/mol. The summed E-state index contributed by atoms with van der Waals surface area (Å²) in [7, 11) is 25.4. The molecule has 6 amide bonds. The van der Waals surface area contributed by atoms with Crippen LogP contribution in [0.4, 0.5) is 45.5 Å². The van der Waals surface area contributed by atoms with E-state index in [1.807, 2.05) is 28.2 Å². The topological polar surface area (TPSA) is 458 Å². The quantitative estimate of drug-likeness (QED) is 0.00439. The van der Waals surface area contributed by atoms with Crippen LogP contribution >= 0.6 is 0 Å². The molecule has 0 fully saturated rings. The molecule has 9 N–H and O–H groups in total. The molecule has 38 nitrogen and oxygen atoms in total. The van der Waals surface area contributed by atoms with Crippen molar-refractivity contribution in [3.63, 3.8) is 0 Å². The van der Waals surface area contributed by atoms with Crippen molar-refractivity contribution in [3.8, 4) is 23.0 Å². The number of nitro benzene ring substituents is 1. The highest BCUT2D eigenvalue weighted by Gasteiger charge is 2.28. The number of rotatable bonds is 43. The summed E-state index contributed by atoms with van der Waals surface area (Å²) in [5.41, 5.74) is 11.5. The first-order valence-corrected chi connectivity index (χ1v) is 39.8. The number of carbonyl (C=O) groups excluding carboxylic acids is 11. The fourth-order valence-electron chi connectivity index (χ4n) is 13.8. The van der Waals surface area contributed by atoms with Gasteiger partial charge in [-0.15, -0.1) is 0 Å². The zero-order valence-electron chi connectivity index (χ0n) is 72.6. The Morgan fingerprint density at radius 2 is 0.696 bits per heavy atom. The number of hydrogen-bond donors (Lipinski definition) is 8. The number of ketones is 4. The molecule has 0 saturated carbocycles. The highest BCUT2D eigenvalue weighted by Crippen LogP contribution is 2.37. The summed E-state index contributed by atoms with van der Waals surface area (Å²) < 4.78 is 39.4. The number of nitrogen functional groups attached to an aromatic ring is 1. The van der Waals surface area contributed by atoms with Gasteiger partial charge in [0, 0.05) is 163 Å². The van der Waals surface area contributed by atoms with Gasteiger partial charge in [0.05, 0.1) is 114 Å². The molecular weight excluding hydrogens is 1620 g/mol. The Morgan fingerprint density at radius 1 is 0.384 bits per heavy atom. The molecule has 0 aliphatic carbocycles. The highest BCUT2D eigenvalue weighted by atomic mass is 16.6. The van der Waals surface area contributed by atoms with E-state index in [0.29, 0.717) is 98.7 Å². The van der Waals surface area contributed by atoms with Crippen LogP contribution in [0.15, 0.2) is 122 Å². The number of esters is 1. The molecule has 10 aromatic rings. The van der Waals surface area contributed by atoms with E-state index < -0.39 is 40.3 Å². The van der Waals surface area contributed by atoms with Crippen LogP contribution in [-0.4, -0.2) is 203 Å². The van der Waals surface area contributed by atoms with Gasteiger partial charge in [0.15, 0.2) is 46.1 Å². The van der Waals surface area contributed by atoms with Crippen LogP contribution in [0.5, 0.6) is 23.0 Å². The van der Waals surface area contributed by atoms with E-state index in [2.05, 4.69) is 46.4 Å². The number of anilines is 7. The molecule has 664 valence electrons. The Kier molecular flexibility index (Phi) is 32.3. The molecular formula is C87H106N18O20. The number of carboxylic acid groups (broad SMARTS) is 1. The predicted octanol–water partition coefficient (Wildman–Crippen LogP) is 10.4. The number of aromatic carboxylic acids is 1. The molecule has 0 spiro atoms. The van der Waals surface area contributed by atoms with Crippen molar-refractivity contribution in [1.29, 1.82) is 0 Å². The van der Waals surface area contributed by atoms with Crippen molar-refractivity contribution in [2.75, 3.05) is 113 Å². The van der Waals surface area contributed by atoms with Gasteiger partial charge >= 0.3 is 11.9 Å². The number of nitrogens with two attached hydrogens (primary N) is 1. The molecule has 0 radical (unpaired) electrons. The number of nitrogens with zero attached hydrogens (tertiary/aromatic N) is 11. The van der Waals surface area contributed by atoms with Crippen molar-refractivity contribution in [1.82, 2.24) is 46.3 Å². The minimum absolute atomic E-state index is 0.000125. The Balaban J connectivity index is 0.000000283. The summed E-state index contributed by atoms with van der Waals surface area (Å²) in [6, 6.07) is 17.6. The lowest BCUT2D eigenvalue weighted by atomic mass is 10.1. The van der Waals surface area contributed by atoms with Crippen LogP contribution in [0.3, 0.4) is 0 Å². The Labute approximate surface area is 720 Å². The summed E-state index contributed by atoms with van der Waals surface area (Å²) in [6.45, 7) is 1.93. The van der Waals surface area contributed by atoms with E-state index in [1.54, 1.807) is 174 Å². The number of Topliss-reactive ketones (excluding diaryl/α,β-unsaturated/α-hetero) is 4. The maximum atomic E-state index is 13.5. The van der Waals surface area contributed by atoms with Crippen LogP contribution in [0.1, 0.15) is 180 Å². The Bertz CT molecular complexity index is 5710. The molecule has 0 saturated heterocycles. The zero-order chi connectivity index (χ0) is 91.4. The number of aryl methyl sites for hydroxylation is 8. The van der Waals surface area contributed by atoms with E-state index in [-0.39, 0.29) is 137 Å². The number of nitro groups is 1. The van der Waals surface area contributed by atoms with Crippen molar-refractivity contribution in [2.45, 2.75) is 77.0 Å². The van der Waals surface area contributed by atoms with Crippen molar-refractivity contribution in [2.24, 2.45) is 56.4 Å². The first-order chi connectivity index (χ1) is 59.3. The molecule has 0 bridgehead atoms. The number of unbranched alkanes of at least 4 members (excludes halogenated alkanes) is 2. The van der Waals surface area contributed by atoms with Crippen molar-refractivity contribution < 1.29 is 91.2 Å². The lowest BCUT2D eigenvalue weighted by Crippen LogP contribution is -2.15. The summed E-state index contributed by atoms with van der Waals surface area (Å²) in [6.07, 6.45) is 18.0. The van der Waals surface area contributed by atoms with Crippen LogP contribution < -0.4 is 56.6 Å². The molecule has 8 aromatic heterocycles. The van der Waals surface area contributed by atoms with E-state index in [9.17, 15) is 72.8 Å². The van der Waals surface area contributed by atoms with Gasteiger partial charge in [-0.3, -0.25) is 58.1 Å². The number of aromatic nitrogens is 8. The number of carboxylic acids is 1. The van der Waals surface area contributed by atoms with Gasteiger partial charge in [0.2, 0.25) is 11.8 Å². The standard InChI is InChI=1S/C44H53N9O11.C43H53N9O9/c1-48(2)14-10-9-12-37(54)33-18-29(25-50(33)4)46-42(57)35-16-27(23-49(35)3)17-38(55)34-19-30(26-51(34)5)47-43(58)36-20-28(24-52(36)6)45-41(56)13-11-15-64-40-22-32(53(60)61)31(44(59)63-8)21-39(40)62-7;1-48(2)13-9-8-11-36(53)32-17-28(24-50(32)4)46-41(56)34-15-26(22-49(34)3)16-37(54)33-18-29(25-51(33)5)47-42(57)35-19-27(23-52(35)6)45-40(55)12-10-14-61-39-21-31(44)30(43(58)59)20-38(39)60-7/h16,18-26H,9-15,17H2,1-8H3,(H,45,56)(H,46,57)(H,47,58);15,17-25H,8-14,16,44H2,1-7H3,(H,45,55)(H,46,56)(H,47,57)(H,58,59). The van der Waals surface area contributed by atoms with Gasteiger partial charge in [-0.25, -0.2) is 9.59 Å². The van der Waals surface area contributed by atoms with Gasteiger partial charge in [-0.1, -0.05) is 0 Å². The lowest BCUT2D eigenvalue weighted by Gasteiger charge is -2.13. The zero-order valence-corrected chi connectivity index (χ0v) is 72.6. The minimum Gasteiger partial charge on any atom is -0.493 e. The van der Waals surface area contributed by atoms with Gasteiger partial charge in [0.25, 0.3) is 29.3 Å². The van der Waals surface area contributed by atoms with Crippen molar-refractivity contribution >= 4 is 116 Å². The summed E-state index contributed by atoms with van der Waals surface area (Å²) in [4.78, 5) is 169. The second-order valence-corrected chi connectivity index (χ2v) is 30.6. The fraction of sp³-hybridized carbons (Fsp3) is 0.356. The van der Waals surface area contributed by atoms with Crippen molar-refractivity contribution in [3.05, 3.63) is 200 Å². The Morgan fingerprint density at radius 3 is 1.03 bits per heavy atom. The molecule has 0 unspecified atom stereocenters. The lowest BCUT2D eigenvalue weighted by molar-refractivity contribution is -0.385. The van der Waals surface area contributed by atoms with E-state index >= 15 is 0 Å². The summed E-state index contributed by atoms with van der Waals surface area (Å²) in [5, 5.41) is 37.6. The largest absolute Gasteiger partial charge is 0.493 e. The van der Waals surface area contributed by atoms with Crippen LogP contribution in [-0.2, 0) is 83.5 Å². The molecule has 38 heteroatoms. The van der Waals surface area contributed by atoms with Crippen LogP contribution in [0.2, 0.25) is 0 Å². The minimum atomic E-state index is -1.20. The molecule has 0 aliphatic heterocycles. The third-order valence-corrected chi connectivity index (χ3v) is 20.1. The first kappa shape index (κ1) is 94.3. The molecule has 10 rings (SSSR count). The molecule has 8 heterocycles. The molecule has 125 heavy (non-hydrogen) atoms. The monoisotopic (exact) mass is 1720 g/mol. The fourth-order valence-corrected chi connectivity index (χ4v) is 13.8. The molecule has 0 atom stereocenters. The number of nitrogens with one attached hydrogen (secondary N) is 6. The summed E-state index contributed by atoms with van der Waals surface area (Å²) in [5.74, 6) is -4.45. The number of methoxy groups -OCH3 is 3. The number of hydrogen-bond acceptors (Lipinski definition) is 22. The smallest absolute Gasteiger partial charge is 0.345 e. The SMILES string of the molecule is COC(=O)c1cc(OC)c(OCCCC(=O)Nc2cc(C(=O)Nc3cc(C(=O)Cc4cc(C(=O)Nc5cc(C(=O)CCCCN(C)C)n(C)c5)n(C)c4)n(C)c3)n(C)c2)cc1[N+](=O)[O-].COc1cc(C(=O)O)c(N)cc1OCCCC(=O)Nc1cc(C(=O)Nc2cc(C(=O)Cc3cc(C(=O)Nc4cc(C(=O)CCCCN(C)C)n(C)c4)n(C)c3)n(C)c2)n(C)c1. The van der Waals surface area contributed by atoms with Gasteiger partial charge < -0.3 is 113 Å². The van der Waals surface area contributed by atoms with Crippen LogP contribution in [0.25, 0.3) is 0 Å². The normalized spacial score (nSPS) is 11.0. The average Bonchev–Trinajstić information content (AvgIpc) is 1.75. The third-order valence-electron chi connectivity index (χ3n) is 20.1. The number of ether oxygens (including phenoxy) is 5. The second kappa shape index (κ2) is 42.8. The maximum absolute atomic E-state index is 13.5. The molecule has 2 aromatic carbocycles. The van der Waals surface area contributed by atoms with E-state index in [4.69, 9.17) is 24.7 Å². The average molecular weight is 1720 g/mol. The van der Waals surface area contributed by atoms with Gasteiger partial charge in [0.1, 0.15) is 28.3 Å². The van der Waals surface area contributed by atoms with Crippen LogP contribution in [0, 0.1) is 10.1 Å². The Hall–Kier alpha value is -14.6. The summed E-state index contributed by atoms with van der Waals surface area (Å²) >= 11 is 0. The number of amides is 6. The van der Waals surface area contributed by atoms with Gasteiger partial charge in [-0.05, 0) is 139 Å². The van der Waals surface area contributed by atoms with Gasteiger partial charge in [-0.2, -0.15) is 0 Å². The third kappa shape index (κ3) is 25.3. The van der Waals surface area contributed by atoms with E-state index in [0.717, 1.165) is 58.0 Å².